The summed E-state index contributed by atoms with van der Waals surface area (Å²) in [6.07, 6.45) is 4.44. The number of para-hydroxylation sites is 1. The number of carbonyl (C=O) groups is 2. The predicted molar refractivity (Wildman–Crippen MR) is 92.6 cm³/mol. The van der Waals surface area contributed by atoms with E-state index in [1.165, 1.54) is 0 Å². The standard InChI is InChI=1S/C18H22N4O3/c1-2-25-18(24)21-10-8-15(9-11-21)20-17(23)14-12-19-22(13-14)16-6-4-3-5-7-16/h3-7,12-13,15H,2,8-11H2,1H3,(H,20,23). The molecule has 0 atom stereocenters. The molecule has 1 N–H and O–H groups in total. The van der Waals surface area contributed by atoms with Crippen LogP contribution in [0.15, 0.2) is 42.7 Å². The van der Waals surface area contributed by atoms with Crippen LogP contribution in [0.25, 0.3) is 5.69 Å². The monoisotopic (exact) mass is 342 g/mol. The molecule has 25 heavy (non-hydrogen) atoms. The van der Waals surface area contributed by atoms with E-state index in [-0.39, 0.29) is 18.0 Å². The fourth-order valence-corrected chi connectivity index (χ4v) is 2.85. The molecule has 0 aliphatic carbocycles. The van der Waals surface area contributed by atoms with Crippen molar-refractivity contribution in [2.75, 3.05) is 19.7 Å². The van der Waals surface area contributed by atoms with Crippen LogP contribution in [0.4, 0.5) is 4.79 Å². The van der Waals surface area contributed by atoms with Crippen molar-refractivity contribution in [2.24, 2.45) is 0 Å². The van der Waals surface area contributed by atoms with Crippen molar-refractivity contribution in [3.05, 3.63) is 48.3 Å². The lowest BCUT2D eigenvalue weighted by molar-refractivity contribution is 0.0860. The minimum absolute atomic E-state index is 0.0539. The molecule has 1 aliphatic heterocycles. The first kappa shape index (κ1) is 17.0. The Morgan fingerprint density at radius 1 is 1.24 bits per heavy atom. The fourth-order valence-electron chi connectivity index (χ4n) is 2.85. The highest BCUT2D eigenvalue weighted by molar-refractivity contribution is 5.94. The van der Waals surface area contributed by atoms with E-state index < -0.39 is 0 Å². The maximum atomic E-state index is 12.4. The van der Waals surface area contributed by atoms with Crippen LogP contribution in [0.3, 0.4) is 0 Å². The Hall–Kier alpha value is -2.83. The third-order valence-electron chi connectivity index (χ3n) is 4.22. The second-order valence-electron chi connectivity index (χ2n) is 5.94. The predicted octanol–water partition coefficient (Wildman–Crippen LogP) is 2.22. The maximum Gasteiger partial charge on any atom is 0.409 e. The molecule has 1 fully saturated rings. The zero-order chi connectivity index (χ0) is 17.6. The lowest BCUT2D eigenvalue weighted by Gasteiger charge is -2.31. The number of piperidine rings is 1. The summed E-state index contributed by atoms with van der Waals surface area (Å²) in [6, 6.07) is 9.70. The van der Waals surface area contributed by atoms with Crippen molar-refractivity contribution in [3.8, 4) is 5.69 Å². The fraction of sp³-hybridized carbons (Fsp3) is 0.389. The number of benzene rings is 1. The molecule has 2 heterocycles. The first-order valence-electron chi connectivity index (χ1n) is 8.50. The van der Waals surface area contributed by atoms with Gasteiger partial charge in [-0.25, -0.2) is 9.48 Å². The van der Waals surface area contributed by atoms with Crippen molar-refractivity contribution in [2.45, 2.75) is 25.8 Å². The van der Waals surface area contributed by atoms with Gasteiger partial charge in [0.1, 0.15) is 0 Å². The van der Waals surface area contributed by atoms with Gasteiger partial charge in [-0.05, 0) is 31.9 Å². The van der Waals surface area contributed by atoms with Crippen LogP contribution in [0.2, 0.25) is 0 Å². The first-order chi connectivity index (χ1) is 12.2. The summed E-state index contributed by atoms with van der Waals surface area (Å²) in [5, 5.41) is 7.26. The van der Waals surface area contributed by atoms with Gasteiger partial charge < -0.3 is 15.0 Å². The van der Waals surface area contributed by atoms with Gasteiger partial charge in [-0.3, -0.25) is 4.79 Å². The van der Waals surface area contributed by atoms with E-state index in [9.17, 15) is 9.59 Å². The van der Waals surface area contributed by atoms with Gasteiger partial charge in [0.15, 0.2) is 0 Å². The average Bonchev–Trinajstić information content (AvgIpc) is 3.13. The smallest absolute Gasteiger partial charge is 0.409 e. The summed E-state index contributed by atoms with van der Waals surface area (Å²) in [6.45, 7) is 3.35. The number of hydrogen-bond donors (Lipinski definition) is 1. The van der Waals surface area contributed by atoms with E-state index in [1.54, 1.807) is 28.9 Å². The number of ether oxygens (including phenoxy) is 1. The number of nitrogens with one attached hydrogen (secondary N) is 1. The van der Waals surface area contributed by atoms with Crippen molar-refractivity contribution in [1.29, 1.82) is 0 Å². The Labute approximate surface area is 146 Å². The topological polar surface area (TPSA) is 76.5 Å². The van der Waals surface area contributed by atoms with Crippen molar-refractivity contribution < 1.29 is 14.3 Å². The highest BCUT2D eigenvalue weighted by Crippen LogP contribution is 2.13. The Bertz CT molecular complexity index is 721. The molecule has 0 spiro atoms. The van der Waals surface area contributed by atoms with Crippen LogP contribution in [-0.2, 0) is 4.74 Å². The highest BCUT2D eigenvalue weighted by Gasteiger charge is 2.25. The van der Waals surface area contributed by atoms with Gasteiger partial charge in [0.05, 0.1) is 24.1 Å². The molecule has 7 nitrogen and oxygen atoms in total. The zero-order valence-corrected chi connectivity index (χ0v) is 14.2. The minimum atomic E-state index is -0.281. The maximum absolute atomic E-state index is 12.4. The number of aromatic nitrogens is 2. The number of likely N-dealkylation sites (tertiary alicyclic amines) is 1. The normalized spacial score (nSPS) is 15.0. The van der Waals surface area contributed by atoms with Gasteiger partial charge in [0, 0.05) is 25.3 Å². The van der Waals surface area contributed by atoms with Crippen molar-refractivity contribution in [3.63, 3.8) is 0 Å². The van der Waals surface area contributed by atoms with Gasteiger partial charge in [0.2, 0.25) is 0 Å². The number of nitrogens with zero attached hydrogens (tertiary/aromatic N) is 3. The number of carbonyl (C=O) groups excluding carboxylic acids is 2. The molecule has 0 bridgehead atoms. The molecule has 0 radical (unpaired) electrons. The second-order valence-corrected chi connectivity index (χ2v) is 5.94. The summed E-state index contributed by atoms with van der Waals surface area (Å²) in [4.78, 5) is 25.8. The average molecular weight is 342 g/mol. The van der Waals surface area contributed by atoms with Gasteiger partial charge in [-0.1, -0.05) is 18.2 Å². The molecule has 1 saturated heterocycles. The third-order valence-corrected chi connectivity index (χ3v) is 4.22. The molecule has 1 aliphatic rings. The number of amides is 2. The van der Waals surface area contributed by atoms with E-state index in [2.05, 4.69) is 10.4 Å². The van der Waals surface area contributed by atoms with E-state index in [0.29, 0.717) is 25.3 Å². The molecule has 2 amide bonds. The van der Waals surface area contributed by atoms with E-state index in [0.717, 1.165) is 18.5 Å². The van der Waals surface area contributed by atoms with Crippen LogP contribution in [-0.4, -0.2) is 52.4 Å². The van der Waals surface area contributed by atoms with Crippen LogP contribution < -0.4 is 5.32 Å². The summed E-state index contributed by atoms with van der Waals surface area (Å²) in [5.74, 6) is -0.142. The molecule has 1 aromatic carbocycles. The largest absolute Gasteiger partial charge is 0.450 e. The molecule has 1 aromatic heterocycles. The second kappa shape index (κ2) is 7.83. The van der Waals surface area contributed by atoms with E-state index in [1.807, 2.05) is 30.3 Å². The van der Waals surface area contributed by atoms with Gasteiger partial charge >= 0.3 is 6.09 Å². The van der Waals surface area contributed by atoms with Gasteiger partial charge in [0.25, 0.3) is 5.91 Å². The molecular formula is C18H22N4O3. The Kier molecular flexibility index (Phi) is 5.33. The highest BCUT2D eigenvalue weighted by atomic mass is 16.6. The molecule has 0 unspecified atom stereocenters. The Morgan fingerprint density at radius 2 is 1.96 bits per heavy atom. The third kappa shape index (κ3) is 4.17. The van der Waals surface area contributed by atoms with E-state index in [4.69, 9.17) is 4.74 Å². The quantitative estimate of drug-likeness (QED) is 0.924. The minimum Gasteiger partial charge on any atom is -0.450 e. The lowest BCUT2D eigenvalue weighted by Crippen LogP contribution is -2.46. The van der Waals surface area contributed by atoms with Crippen LogP contribution in [0.5, 0.6) is 0 Å². The summed E-state index contributed by atoms with van der Waals surface area (Å²) in [5.41, 5.74) is 1.43. The van der Waals surface area contributed by atoms with Gasteiger partial charge in [-0.2, -0.15) is 5.10 Å². The van der Waals surface area contributed by atoms with Crippen LogP contribution in [0.1, 0.15) is 30.1 Å². The zero-order valence-electron chi connectivity index (χ0n) is 14.2. The lowest BCUT2D eigenvalue weighted by atomic mass is 10.1. The SMILES string of the molecule is CCOC(=O)N1CCC(NC(=O)c2cnn(-c3ccccc3)c2)CC1. The molecule has 7 heteroatoms. The summed E-state index contributed by atoms with van der Waals surface area (Å²) >= 11 is 0. The molecule has 3 rings (SSSR count). The van der Waals surface area contributed by atoms with Crippen molar-refractivity contribution >= 4 is 12.0 Å². The van der Waals surface area contributed by atoms with Crippen LogP contribution >= 0.6 is 0 Å². The molecule has 132 valence electrons. The Morgan fingerprint density at radius 3 is 2.64 bits per heavy atom. The van der Waals surface area contributed by atoms with Gasteiger partial charge in [-0.15, -0.1) is 0 Å². The summed E-state index contributed by atoms with van der Waals surface area (Å²) in [7, 11) is 0. The van der Waals surface area contributed by atoms with E-state index >= 15 is 0 Å². The molecule has 0 saturated carbocycles. The molecular weight excluding hydrogens is 320 g/mol. The molecule has 2 aromatic rings. The van der Waals surface area contributed by atoms with Crippen LogP contribution in [0, 0.1) is 0 Å². The number of hydrogen-bond acceptors (Lipinski definition) is 4. The summed E-state index contributed by atoms with van der Waals surface area (Å²) < 4.78 is 6.68. The Balaban J connectivity index is 1.54. The number of rotatable bonds is 4. The first-order valence-corrected chi connectivity index (χ1v) is 8.50. The van der Waals surface area contributed by atoms with Crippen molar-refractivity contribution in [1.82, 2.24) is 20.0 Å².